The van der Waals surface area contributed by atoms with Gasteiger partial charge in [0.05, 0.1) is 13.1 Å². The van der Waals surface area contributed by atoms with Crippen molar-refractivity contribution in [1.82, 2.24) is 5.16 Å². The van der Waals surface area contributed by atoms with Gasteiger partial charge in [0.1, 0.15) is 36.0 Å². The second kappa shape index (κ2) is 9.88. The third-order valence-electron chi connectivity index (χ3n) is 9.32. The first-order chi connectivity index (χ1) is 18.0. The lowest BCUT2D eigenvalue weighted by molar-refractivity contribution is -0.959. The predicted octanol–water partition coefficient (Wildman–Crippen LogP) is 6.13. The number of aryl methyl sites for hydroxylation is 1. The van der Waals surface area contributed by atoms with Crippen LogP contribution in [0.5, 0.6) is 5.75 Å². The van der Waals surface area contributed by atoms with Crippen molar-refractivity contribution in [3.63, 3.8) is 0 Å². The van der Waals surface area contributed by atoms with E-state index >= 15 is 0 Å². The van der Waals surface area contributed by atoms with Crippen LogP contribution >= 0.6 is 0 Å². The molecule has 5 nitrogen and oxygen atoms in total. The Morgan fingerprint density at radius 2 is 1.78 bits per heavy atom. The molecule has 1 N–H and O–H groups in total. The highest BCUT2D eigenvalue weighted by molar-refractivity contribution is 5.33. The Bertz CT molecular complexity index is 1210. The first kappa shape index (κ1) is 24.6. The van der Waals surface area contributed by atoms with Crippen LogP contribution in [0.25, 0.3) is 0 Å². The van der Waals surface area contributed by atoms with Gasteiger partial charge in [-0.1, -0.05) is 60.8 Å². The maximum Gasteiger partial charge on any atom is 0.191 e. The number of piperidine rings is 3. The van der Waals surface area contributed by atoms with Gasteiger partial charge in [-0.3, -0.25) is 0 Å². The number of nitrogens with zero attached hydrogens (tertiary/aromatic N) is 2. The summed E-state index contributed by atoms with van der Waals surface area (Å²) in [6.07, 6.45) is 7.74. The zero-order chi connectivity index (χ0) is 25.5. The van der Waals surface area contributed by atoms with Crippen molar-refractivity contribution in [3.05, 3.63) is 83.0 Å². The van der Waals surface area contributed by atoms with E-state index in [1.165, 1.54) is 12.5 Å². The normalized spacial score (nSPS) is 27.6. The summed E-state index contributed by atoms with van der Waals surface area (Å²) >= 11 is 0. The van der Waals surface area contributed by atoms with E-state index in [1.807, 2.05) is 42.5 Å². The molecule has 7 rings (SSSR count). The van der Waals surface area contributed by atoms with Gasteiger partial charge in [0, 0.05) is 30.9 Å². The number of aliphatic hydroxyl groups is 1. The Hall–Kier alpha value is -2.70. The Morgan fingerprint density at radius 1 is 1.03 bits per heavy atom. The van der Waals surface area contributed by atoms with E-state index < -0.39 is 5.60 Å². The average molecular weight is 506 g/mol. The Labute approximate surface area is 218 Å². The molecule has 3 saturated heterocycles. The molecular weight excluding hydrogens is 467 g/mol. The smallest absolute Gasteiger partial charge is 0.191 e. The van der Waals surface area contributed by atoms with Crippen LogP contribution in [0.1, 0.15) is 67.5 Å². The molecule has 1 aliphatic carbocycles. The zero-order valence-electron chi connectivity index (χ0n) is 21.7. The molecule has 0 unspecified atom stereocenters. The number of benzene rings is 2. The van der Waals surface area contributed by atoms with Crippen molar-refractivity contribution in [1.29, 1.82) is 0 Å². The number of hydrogen-bond acceptors (Lipinski definition) is 4. The van der Waals surface area contributed by atoms with E-state index in [2.05, 4.69) is 5.16 Å². The lowest BCUT2D eigenvalue weighted by Crippen LogP contribution is -2.64. The lowest BCUT2D eigenvalue weighted by Gasteiger charge is -2.51. The molecule has 4 aliphatic rings. The first-order valence-electron chi connectivity index (χ1n) is 14.0. The standard InChI is InChI=1S/C31H38FN2O3/c1-22-12-13-26(18-28(22)32)36-29-21-34(16-14-23(29)15-17-34)20-27-19-30(33-37-27)31(35,24-8-4-2-5-9-24)25-10-6-3-7-11-25/h2,4-5,8-9,12-13,18-19,23,25,29,35H,3,6-7,10-11,14-17,20-21H2,1H3/q+1/t23?,29-,31-,34?/m0/s1. The first-order valence-corrected chi connectivity index (χ1v) is 14.0. The summed E-state index contributed by atoms with van der Waals surface area (Å²) in [6, 6.07) is 17.1. The fraction of sp³-hybridized carbons (Fsp3) is 0.516. The SMILES string of the molecule is Cc1ccc(O[C@H]2C[N+]3(Cc4cc([C@](O)(c5ccccc5)C5CCCCC5)no4)CCC2CC3)cc1F. The second-order valence-corrected chi connectivity index (χ2v) is 11.7. The molecule has 2 bridgehead atoms. The van der Waals surface area contributed by atoms with Crippen LogP contribution in [0.2, 0.25) is 0 Å². The van der Waals surface area contributed by atoms with Crippen molar-refractivity contribution in [3.8, 4) is 5.75 Å². The number of hydrogen-bond donors (Lipinski definition) is 1. The van der Waals surface area contributed by atoms with E-state index in [0.717, 1.165) is 80.5 Å². The summed E-state index contributed by atoms with van der Waals surface area (Å²) in [6.45, 7) is 5.54. The van der Waals surface area contributed by atoms with Crippen LogP contribution in [0, 0.1) is 24.6 Å². The van der Waals surface area contributed by atoms with Gasteiger partial charge in [-0.2, -0.15) is 0 Å². The van der Waals surface area contributed by atoms with Gasteiger partial charge in [0.2, 0.25) is 0 Å². The molecule has 196 valence electrons. The van der Waals surface area contributed by atoms with Crippen LogP contribution in [0.15, 0.2) is 59.1 Å². The minimum Gasteiger partial charge on any atom is -0.484 e. The number of aromatic nitrogens is 1. The van der Waals surface area contributed by atoms with Crippen LogP contribution < -0.4 is 4.74 Å². The molecule has 4 heterocycles. The third kappa shape index (κ3) is 4.70. The third-order valence-corrected chi connectivity index (χ3v) is 9.32. The van der Waals surface area contributed by atoms with E-state index in [4.69, 9.17) is 9.26 Å². The minimum absolute atomic E-state index is 0.0653. The highest BCUT2D eigenvalue weighted by Gasteiger charge is 2.48. The van der Waals surface area contributed by atoms with Crippen LogP contribution in [-0.2, 0) is 12.1 Å². The molecule has 1 aromatic heterocycles. The number of rotatable bonds is 7. The molecular formula is C31H38FN2O3+. The zero-order valence-corrected chi connectivity index (χ0v) is 21.7. The number of fused-ring (bicyclic) bond motifs is 3. The maximum atomic E-state index is 14.1. The Morgan fingerprint density at radius 3 is 2.51 bits per heavy atom. The van der Waals surface area contributed by atoms with E-state index in [-0.39, 0.29) is 17.8 Å². The van der Waals surface area contributed by atoms with E-state index in [9.17, 15) is 9.50 Å². The van der Waals surface area contributed by atoms with Crippen molar-refractivity contribution in [2.24, 2.45) is 11.8 Å². The van der Waals surface area contributed by atoms with Gasteiger partial charge in [0.15, 0.2) is 11.9 Å². The summed E-state index contributed by atoms with van der Waals surface area (Å²) in [4.78, 5) is 0. The van der Waals surface area contributed by atoms with Gasteiger partial charge in [-0.05, 0) is 42.9 Å². The molecule has 3 aliphatic heterocycles. The van der Waals surface area contributed by atoms with Crippen molar-refractivity contribution in [2.75, 3.05) is 19.6 Å². The molecule has 0 radical (unpaired) electrons. The number of ether oxygens (including phenoxy) is 1. The minimum atomic E-state index is -1.14. The van der Waals surface area contributed by atoms with Gasteiger partial charge >= 0.3 is 0 Å². The summed E-state index contributed by atoms with van der Waals surface area (Å²) < 4.78 is 27.3. The van der Waals surface area contributed by atoms with Gasteiger partial charge in [-0.25, -0.2) is 4.39 Å². The molecule has 1 saturated carbocycles. The largest absolute Gasteiger partial charge is 0.484 e. The highest BCUT2D eigenvalue weighted by atomic mass is 19.1. The lowest BCUT2D eigenvalue weighted by atomic mass is 9.71. The van der Waals surface area contributed by atoms with Gasteiger partial charge < -0.3 is 18.8 Å². The van der Waals surface area contributed by atoms with Gasteiger partial charge in [-0.15, -0.1) is 0 Å². The van der Waals surface area contributed by atoms with Crippen molar-refractivity contribution < 1.29 is 23.2 Å². The Kier molecular flexibility index (Phi) is 6.58. The average Bonchev–Trinajstić information content (AvgIpc) is 3.40. The van der Waals surface area contributed by atoms with Crippen LogP contribution in [0.4, 0.5) is 4.39 Å². The Balaban J connectivity index is 1.23. The predicted molar refractivity (Wildman–Crippen MR) is 139 cm³/mol. The molecule has 2 atom stereocenters. The fourth-order valence-corrected chi connectivity index (χ4v) is 7.10. The molecule has 0 spiro atoms. The molecule has 6 heteroatoms. The summed E-state index contributed by atoms with van der Waals surface area (Å²) in [5.74, 6) is 1.85. The van der Waals surface area contributed by atoms with E-state index in [1.54, 1.807) is 13.0 Å². The molecule has 4 fully saturated rings. The maximum absolute atomic E-state index is 14.1. The highest BCUT2D eigenvalue weighted by Crippen LogP contribution is 2.44. The molecule has 2 aromatic carbocycles. The number of halogens is 1. The topological polar surface area (TPSA) is 55.5 Å². The van der Waals surface area contributed by atoms with E-state index in [0.29, 0.717) is 22.9 Å². The van der Waals surface area contributed by atoms with Crippen LogP contribution in [0.3, 0.4) is 0 Å². The van der Waals surface area contributed by atoms with Gasteiger partial charge in [0.25, 0.3) is 0 Å². The van der Waals surface area contributed by atoms with Crippen LogP contribution in [-0.4, -0.2) is 40.5 Å². The quantitative estimate of drug-likeness (QED) is 0.393. The summed E-state index contributed by atoms with van der Waals surface area (Å²) in [5, 5.41) is 16.7. The monoisotopic (exact) mass is 505 g/mol. The van der Waals surface area contributed by atoms with Crippen molar-refractivity contribution >= 4 is 0 Å². The fourth-order valence-electron chi connectivity index (χ4n) is 7.10. The van der Waals surface area contributed by atoms with Crippen molar-refractivity contribution in [2.45, 2.75) is 70.1 Å². The molecule has 37 heavy (non-hydrogen) atoms. The number of quaternary nitrogens is 1. The molecule has 3 aromatic rings. The summed E-state index contributed by atoms with van der Waals surface area (Å²) in [7, 11) is 0. The second-order valence-electron chi connectivity index (χ2n) is 11.7. The molecule has 0 amide bonds. The summed E-state index contributed by atoms with van der Waals surface area (Å²) in [5.41, 5.74) is 1.02.